The molecule has 0 aliphatic carbocycles. The van der Waals surface area contributed by atoms with Gasteiger partial charge >= 0.3 is 0 Å². The van der Waals surface area contributed by atoms with Gasteiger partial charge in [0, 0.05) is 28.3 Å². The number of nitrogens with zero attached hydrogens (tertiary/aromatic N) is 2. The van der Waals surface area contributed by atoms with E-state index in [1.54, 1.807) is 41.3 Å². The fourth-order valence-electron chi connectivity index (χ4n) is 2.99. The van der Waals surface area contributed by atoms with Crippen molar-refractivity contribution in [3.05, 3.63) is 77.6 Å². The molecule has 0 bridgehead atoms. The third kappa shape index (κ3) is 5.52. The molecule has 0 aliphatic heterocycles. The molecule has 0 fully saturated rings. The van der Waals surface area contributed by atoms with Gasteiger partial charge in [-0.15, -0.1) is 0 Å². The van der Waals surface area contributed by atoms with Crippen LogP contribution >= 0.6 is 0 Å². The Kier molecular flexibility index (Phi) is 6.76. The first-order valence-electron chi connectivity index (χ1n) is 9.62. The lowest BCUT2D eigenvalue weighted by molar-refractivity contribution is -0.110. The van der Waals surface area contributed by atoms with Crippen molar-refractivity contribution in [1.29, 1.82) is 5.41 Å². The van der Waals surface area contributed by atoms with Crippen LogP contribution in [-0.2, 0) is 17.9 Å². The van der Waals surface area contributed by atoms with Gasteiger partial charge in [0.15, 0.2) is 0 Å². The highest BCUT2D eigenvalue weighted by Crippen LogP contribution is 2.14. The number of nitrogen functional groups attached to an aromatic ring is 1. The third-order valence-corrected chi connectivity index (χ3v) is 4.44. The smallest absolute Gasteiger partial charge is 0.274 e. The molecule has 0 saturated heterocycles. The zero-order valence-electron chi connectivity index (χ0n) is 16.5. The highest BCUT2D eigenvalue weighted by atomic mass is 16.1. The molecular formula is C22H32N6O. The van der Waals surface area contributed by atoms with Gasteiger partial charge in [-0.25, -0.2) is 0 Å². The number of carbonyl (C=O) groups excluding carboxylic acids is 1. The number of hydrogen-bond donors (Lipinski definition) is 4. The summed E-state index contributed by atoms with van der Waals surface area (Å²) in [5.74, 6) is -0.522. The molecule has 7 nitrogen and oxygen atoms in total. The number of carbonyl (C=O) groups is 1. The molecule has 2 aromatic carbocycles. The summed E-state index contributed by atoms with van der Waals surface area (Å²) in [4.78, 5) is 12.4. The minimum atomic E-state index is -0.522. The third-order valence-electron chi connectivity index (χ3n) is 4.44. The van der Waals surface area contributed by atoms with E-state index < -0.39 is 5.91 Å². The number of amides is 1. The maximum Gasteiger partial charge on any atom is 0.274 e. The van der Waals surface area contributed by atoms with E-state index in [1.807, 2.05) is 6.07 Å². The molecule has 156 valence electrons. The lowest BCUT2D eigenvalue weighted by Gasteiger charge is -2.07. The van der Waals surface area contributed by atoms with E-state index in [2.05, 4.69) is 40.9 Å². The molecule has 3 aromatic rings. The van der Waals surface area contributed by atoms with Crippen LogP contribution in [0.3, 0.4) is 0 Å². The average molecular weight is 397 g/mol. The fourth-order valence-corrected chi connectivity index (χ4v) is 2.99. The Bertz CT molecular complexity index is 1010. The summed E-state index contributed by atoms with van der Waals surface area (Å²) < 4.78 is 1.76. The molecule has 5 N–H and O–H groups in total. The van der Waals surface area contributed by atoms with E-state index in [1.165, 1.54) is 5.56 Å². The van der Waals surface area contributed by atoms with Crippen LogP contribution in [0.15, 0.2) is 60.9 Å². The van der Waals surface area contributed by atoms with Crippen LogP contribution in [0.2, 0.25) is 0 Å². The molecule has 0 aliphatic rings. The number of hydrogen-bond acceptors (Lipinski definition) is 5. The second kappa shape index (κ2) is 9.66. The predicted octanol–water partition coefficient (Wildman–Crippen LogP) is 3.76. The van der Waals surface area contributed by atoms with Crippen molar-refractivity contribution in [1.82, 2.24) is 15.1 Å². The Labute approximate surface area is 174 Å². The van der Waals surface area contributed by atoms with E-state index >= 15 is 0 Å². The molecule has 0 atom stereocenters. The van der Waals surface area contributed by atoms with Crippen LogP contribution in [0.5, 0.6) is 0 Å². The minimum absolute atomic E-state index is 0. The monoisotopic (exact) mass is 396 g/mol. The van der Waals surface area contributed by atoms with Gasteiger partial charge in [-0.05, 0) is 30.2 Å². The van der Waals surface area contributed by atoms with Gasteiger partial charge in [-0.1, -0.05) is 49.4 Å². The van der Waals surface area contributed by atoms with E-state index in [-0.39, 0.29) is 9.99 Å². The summed E-state index contributed by atoms with van der Waals surface area (Å²) in [6.07, 6.45) is 4.43. The molecule has 0 unspecified atom stereocenters. The van der Waals surface area contributed by atoms with Crippen molar-refractivity contribution in [3.8, 4) is 0 Å². The van der Waals surface area contributed by atoms with Crippen molar-refractivity contribution >= 4 is 23.0 Å². The minimum Gasteiger partial charge on any atom is -0.398 e. The van der Waals surface area contributed by atoms with Crippen molar-refractivity contribution in [2.45, 2.75) is 26.4 Å². The van der Waals surface area contributed by atoms with Gasteiger partial charge in [0.25, 0.3) is 5.91 Å². The van der Waals surface area contributed by atoms with Crippen LogP contribution in [0.4, 0.5) is 11.4 Å². The van der Waals surface area contributed by atoms with Gasteiger partial charge in [0.2, 0.25) is 0 Å². The molecule has 0 radical (unpaired) electrons. The number of aromatic nitrogens is 2. The number of nitrogens with two attached hydrogens (primary N) is 1. The lowest BCUT2D eigenvalue weighted by Crippen LogP contribution is -2.23. The Morgan fingerprint density at radius 3 is 2.79 bits per heavy atom. The normalized spacial score (nSPS) is 10.7. The Balaban J connectivity index is 0.00000320. The number of para-hydroxylation sites is 1. The van der Waals surface area contributed by atoms with Crippen LogP contribution < -0.4 is 16.4 Å². The molecule has 1 amide bonds. The van der Waals surface area contributed by atoms with Crippen molar-refractivity contribution in [2.24, 2.45) is 0 Å². The summed E-state index contributed by atoms with van der Waals surface area (Å²) in [6, 6.07) is 15.2. The number of anilines is 2. The van der Waals surface area contributed by atoms with Gasteiger partial charge in [-0.3, -0.25) is 14.9 Å². The van der Waals surface area contributed by atoms with E-state index in [0.29, 0.717) is 23.5 Å². The van der Waals surface area contributed by atoms with Gasteiger partial charge in [-0.2, -0.15) is 5.10 Å². The predicted molar refractivity (Wildman–Crippen MR) is 122 cm³/mol. The van der Waals surface area contributed by atoms with Gasteiger partial charge in [0.1, 0.15) is 5.71 Å². The first-order chi connectivity index (χ1) is 14.1. The second-order valence-electron chi connectivity index (χ2n) is 6.84. The summed E-state index contributed by atoms with van der Waals surface area (Å²) in [6.45, 7) is 4.58. The first kappa shape index (κ1) is 20.3. The van der Waals surface area contributed by atoms with Crippen LogP contribution in [0.25, 0.3) is 0 Å². The highest BCUT2D eigenvalue weighted by molar-refractivity contribution is 6.48. The zero-order valence-corrected chi connectivity index (χ0v) is 16.5. The number of benzene rings is 2. The zero-order chi connectivity index (χ0) is 20.6. The largest absolute Gasteiger partial charge is 0.398 e. The maximum absolute atomic E-state index is 12.4. The standard InChI is InChI=1S/C22H26N6O.3H2/c1-2-10-25-12-16-6-5-7-17(11-16)14-28-15-18(13-26-28)27-22(29)21(24)19-8-3-4-9-20(19)23;;;/h3-9,11,13,15,24-25H,2,10,12,14,23H2,1H3,(H,27,29);3*1H. The first-order valence-corrected chi connectivity index (χ1v) is 9.62. The van der Waals surface area contributed by atoms with Crippen LogP contribution in [0, 0.1) is 5.41 Å². The van der Waals surface area contributed by atoms with Crippen molar-refractivity contribution in [3.63, 3.8) is 0 Å². The Morgan fingerprint density at radius 2 is 2.00 bits per heavy atom. The summed E-state index contributed by atoms with van der Waals surface area (Å²) >= 11 is 0. The maximum atomic E-state index is 12.4. The SMILES string of the molecule is CCCNCc1cccc(Cn2cc(NC(=O)C(=N)c3ccccc3N)cn2)c1.[HH].[HH].[HH]. The molecule has 0 spiro atoms. The van der Waals surface area contributed by atoms with Crippen molar-refractivity contribution in [2.75, 3.05) is 17.6 Å². The molecule has 0 saturated carbocycles. The molecule has 3 rings (SSSR count). The highest BCUT2D eigenvalue weighted by Gasteiger charge is 2.15. The summed E-state index contributed by atoms with van der Waals surface area (Å²) in [5.41, 5.74) is 9.38. The molecule has 1 aromatic heterocycles. The summed E-state index contributed by atoms with van der Waals surface area (Å²) in [7, 11) is 0. The fraction of sp³-hybridized carbons (Fsp3) is 0.227. The molecule has 1 heterocycles. The molecular weight excluding hydrogens is 364 g/mol. The van der Waals surface area contributed by atoms with Crippen LogP contribution in [-0.4, -0.2) is 27.9 Å². The number of rotatable bonds is 9. The topological polar surface area (TPSA) is 109 Å². The Hall–Kier alpha value is -3.45. The van der Waals surface area contributed by atoms with E-state index in [4.69, 9.17) is 11.1 Å². The van der Waals surface area contributed by atoms with E-state index in [0.717, 1.165) is 25.1 Å². The van der Waals surface area contributed by atoms with Crippen molar-refractivity contribution < 1.29 is 9.07 Å². The number of nitrogens with one attached hydrogen (secondary N) is 3. The second-order valence-corrected chi connectivity index (χ2v) is 6.84. The molecule has 7 heteroatoms. The van der Waals surface area contributed by atoms with Gasteiger partial charge < -0.3 is 16.4 Å². The van der Waals surface area contributed by atoms with E-state index in [9.17, 15) is 4.79 Å². The Morgan fingerprint density at radius 1 is 1.21 bits per heavy atom. The van der Waals surface area contributed by atoms with Crippen LogP contribution in [0.1, 0.15) is 34.3 Å². The lowest BCUT2D eigenvalue weighted by atomic mass is 10.1. The quantitative estimate of drug-likeness (QED) is 0.251. The average Bonchev–Trinajstić information content (AvgIpc) is 3.15. The molecule has 29 heavy (non-hydrogen) atoms. The summed E-state index contributed by atoms with van der Waals surface area (Å²) in [5, 5.41) is 18.5. The van der Waals surface area contributed by atoms with Gasteiger partial charge in [0.05, 0.1) is 18.4 Å².